The van der Waals surface area contributed by atoms with Crippen LogP contribution >= 0.6 is 27.3 Å². The maximum absolute atomic E-state index is 9.74. The van der Waals surface area contributed by atoms with E-state index in [-0.39, 0.29) is 6.10 Å². The van der Waals surface area contributed by atoms with E-state index in [4.69, 9.17) is 4.74 Å². The number of thiophene rings is 1. The average Bonchev–Trinajstić information content (AvgIpc) is 2.52. The molecule has 1 aromatic heterocycles. The highest BCUT2D eigenvalue weighted by Crippen LogP contribution is 2.29. The fourth-order valence-corrected chi connectivity index (χ4v) is 2.71. The summed E-state index contributed by atoms with van der Waals surface area (Å²) in [6.07, 6.45) is 1.28. The summed E-state index contributed by atoms with van der Waals surface area (Å²) in [5.41, 5.74) is 0.987. The van der Waals surface area contributed by atoms with Crippen molar-refractivity contribution in [3.8, 4) is 0 Å². The summed E-state index contributed by atoms with van der Waals surface area (Å²) in [7, 11) is 1.67. The highest BCUT2D eigenvalue weighted by atomic mass is 79.9. The third-order valence-corrected chi connectivity index (χ3v) is 3.58. The predicted molar refractivity (Wildman–Crippen MR) is 58.1 cm³/mol. The molecule has 0 aliphatic heterocycles. The minimum absolute atomic E-state index is 0.365. The first-order chi connectivity index (χ1) is 6.25. The van der Waals surface area contributed by atoms with E-state index in [0.717, 1.165) is 22.9 Å². The molecule has 2 nitrogen and oxygen atoms in total. The Balaban J connectivity index is 2.39. The van der Waals surface area contributed by atoms with Gasteiger partial charge in [-0.05, 0) is 34.2 Å². The van der Waals surface area contributed by atoms with Crippen LogP contribution in [0.5, 0.6) is 0 Å². The zero-order chi connectivity index (χ0) is 9.68. The Hall–Kier alpha value is 0.100. The summed E-state index contributed by atoms with van der Waals surface area (Å²) in [6.45, 7) is 0.707. The van der Waals surface area contributed by atoms with Gasteiger partial charge in [0.1, 0.15) is 0 Å². The molecule has 1 rings (SSSR count). The highest BCUT2D eigenvalue weighted by Gasteiger charge is 2.11. The van der Waals surface area contributed by atoms with E-state index in [1.807, 2.05) is 10.8 Å². The molecule has 1 atom stereocenters. The first-order valence-corrected chi connectivity index (χ1v) is 5.88. The molecule has 74 valence electrons. The SMILES string of the molecule is COCCCC(O)c1cscc1Br. The molecule has 13 heavy (non-hydrogen) atoms. The molecule has 1 heterocycles. The van der Waals surface area contributed by atoms with Gasteiger partial charge in [-0.2, -0.15) is 11.3 Å². The fraction of sp³-hybridized carbons (Fsp3) is 0.556. The Bertz CT molecular complexity index is 250. The van der Waals surface area contributed by atoms with Crippen LogP contribution in [0.25, 0.3) is 0 Å². The minimum Gasteiger partial charge on any atom is -0.388 e. The first kappa shape index (κ1) is 11.2. The normalized spacial score (nSPS) is 13.2. The van der Waals surface area contributed by atoms with Crippen molar-refractivity contribution in [3.05, 3.63) is 20.8 Å². The van der Waals surface area contributed by atoms with Gasteiger partial charge in [0.2, 0.25) is 0 Å². The summed E-state index contributed by atoms with van der Waals surface area (Å²) in [5, 5.41) is 13.7. The number of hydrogen-bond donors (Lipinski definition) is 1. The van der Waals surface area contributed by atoms with Gasteiger partial charge in [0.25, 0.3) is 0 Å². The average molecular weight is 265 g/mol. The van der Waals surface area contributed by atoms with Crippen LogP contribution in [0.3, 0.4) is 0 Å². The third-order valence-electron chi connectivity index (χ3n) is 1.83. The monoisotopic (exact) mass is 264 g/mol. The molecule has 0 fully saturated rings. The molecular weight excluding hydrogens is 252 g/mol. The first-order valence-electron chi connectivity index (χ1n) is 4.14. The topological polar surface area (TPSA) is 29.5 Å². The van der Waals surface area contributed by atoms with Gasteiger partial charge >= 0.3 is 0 Å². The zero-order valence-corrected chi connectivity index (χ0v) is 9.90. The highest BCUT2D eigenvalue weighted by molar-refractivity contribution is 9.10. The maximum Gasteiger partial charge on any atom is 0.0809 e. The second kappa shape index (κ2) is 5.75. The van der Waals surface area contributed by atoms with Gasteiger partial charge in [-0.25, -0.2) is 0 Å². The van der Waals surface area contributed by atoms with Crippen LogP contribution in [0.4, 0.5) is 0 Å². The van der Waals surface area contributed by atoms with Crippen LogP contribution in [0.15, 0.2) is 15.2 Å². The van der Waals surface area contributed by atoms with Gasteiger partial charge in [0, 0.05) is 29.1 Å². The standard InChI is InChI=1S/C9H13BrO2S/c1-12-4-2-3-9(11)7-5-13-6-8(7)10/h5-6,9,11H,2-4H2,1H3. The van der Waals surface area contributed by atoms with Crippen molar-refractivity contribution < 1.29 is 9.84 Å². The number of rotatable bonds is 5. The summed E-state index contributed by atoms with van der Waals surface area (Å²) in [4.78, 5) is 0. The molecule has 0 aromatic carbocycles. The van der Waals surface area contributed by atoms with E-state index < -0.39 is 0 Å². The molecule has 0 amide bonds. The van der Waals surface area contributed by atoms with E-state index in [1.54, 1.807) is 18.4 Å². The second-order valence-electron chi connectivity index (χ2n) is 2.83. The van der Waals surface area contributed by atoms with Gasteiger partial charge in [-0.1, -0.05) is 0 Å². The molecule has 0 aliphatic rings. The smallest absolute Gasteiger partial charge is 0.0809 e. The molecular formula is C9H13BrO2S. The lowest BCUT2D eigenvalue weighted by molar-refractivity contribution is 0.136. The molecule has 1 N–H and O–H groups in total. The minimum atomic E-state index is -0.365. The van der Waals surface area contributed by atoms with E-state index >= 15 is 0 Å². The summed E-state index contributed by atoms with van der Waals surface area (Å²) < 4.78 is 5.92. The van der Waals surface area contributed by atoms with Crippen LogP contribution in [0.2, 0.25) is 0 Å². The lowest BCUT2D eigenvalue weighted by atomic mass is 10.1. The van der Waals surface area contributed by atoms with Gasteiger partial charge < -0.3 is 9.84 Å². The number of methoxy groups -OCH3 is 1. The van der Waals surface area contributed by atoms with Crippen molar-refractivity contribution >= 4 is 27.3 Å². The molecule has 0 radical (unpaired) electrons. The number of aliphatic hydroxyl groups is 1. The van der Waals surface area contributed by atoms with Gasteiger partial charge in [0.15, 0.2) is 0 Å². The van der Waals surface area contributed by atoms with Crippen LogP contribution < -0.4 is 0 Å². The van der Waals surface area contributed by atoms with Gasteiger partial charge in [0.05, 0.1) is 6.10 Å². The summed E-state index contributed by atoms with van der Waals surface area (Å²) >= 11 is 4.99. The largest absolute Gasteiger partial charge is 0.388 e. The van der Waals surface area contributed by atoms with Crippen LogP contribution in [-0.2, 0) is 4.74 Å². The van der Waals surface area contributed by atoms with Gasteiger partial charge in [-0.15, -0.1) is 0 Å². The molecule has 0 aliphatic carbocycles. The molecule has 0 bridgehead atoms. The van der Waals surface area contributed by atoms with Crippen LogP contribution in [0.1, 0.15) is 24.5 Å². The lowest BCUT2D eigenvalue weighted by Crippen LogP contribution is -1.99. The van der Waals surface area contributed by atoms with Crippen molar-refractivity contribution in [1.82, 2.24) is 0 Å². The van der Waals surface area contributed by atoms with Crippen molar-refractivity contribution in [2.24, 2.45) is 0 Å². The molecule has 0 saturated heterocycles. The Morgan fingerprint density at radius 2 is 2.38 bits per heavy atom. The molecule has 1 aromatic rings. The van der Waals surface area contributed by atoms with Crippen molar-refractivity contribution in [3.63, 3.8) is 0 Å². The summed E-state index contributed by atoms with van der Waals surface area (Å²) in [5.74, 6) is 0. The maximum atomic E-state index is 9.74. The van der Waals surface area contributed by atoms with Gasteiger partial charge in [-0.3, -0.25) is 0 Å². The van der Waals surface area contributed by atoms with E-state index in [1.165, 1.54) is 0 Å². The Morgan fingerprint density at radius 3 is 2.92 bits per heavy atom. The Kier molecular flexibility index (Phi) is 4.94. The molecule has 1 unspecified atom stereocenters. The van der Waals surface area contributed by atoms with E-state index in [9.17, 15) is 5.11 Å². The number of halogens is 1. The van der Waals surface area contributed by atoms with Crippen molar-refractivity contribution in [2.75, 3.05) is 13.7 Å². The predicted octanol–water partition coefficient (Wildman–Crippen LogP) is 2.97. The Morgan fingerprint density at radius 1 is 1.62 bits per heavy atom. The quantitative estimate of drug-likeness (QED) is 0.829. The zero-order valence-electron chi connectivity index (χ0n) is 7.50. The number of ether oxygens (including phenoxy) is 1. The molecule has 0 spiro atoms. The molecule has 4 heteroatoms. The van der Waals surface area contributed by atoms with E-state index in [0.29, 0.717) is 6.61 Å². The van der Waals surface area contributed by atoms with Crippen molar-refractivity contribution in [1.29, 1.82) is 0 Å². The Labute approximate surface area is 90.7 Å². The van der Waals surface area contributed by atoms with Crippen LogP contribution in [-0.4, -0.2) is 18.8 Å². The number of hydrogen-bond acceptors (Lipinski definition) is 3. The van der Waals surface area contributed by atoms with Crippen LogP contribution in [0, 0.1) is 0 Å². The second-order valence-corrected chi connectivity index (χ2v) is 4.42. The third kappa shape index (κ3) is 3.38. The summed E-state index contributed by atoms with van der Waals surface area (Å²) in [6, 6.07) is 0. The molecule has 0 saturated carbocycles. The number of aliphatic hydroxyl groups excluding tert-OH is 1. The van der Waals surface area contributed by atoms with E-state index in [2.05, 4.69) is 15.9 Å². The lowest BCUT2D eigenvalue weighted by Gasteiger charge is -2.08. The fourth-order valence-electron chi connectivity index (χ4n) is 1.11. The van der Waals surface area contributed by atoms with Crippen molar-refractivity contribution in [2.45, 2.75) is 18.9 Å².